The molecule has 0 radical (unpaired) electrons. The first kappa shape index (κ1) is 14.9. The van der Waals surface area contributed by atoms with Gasteiger partial charge in [0.1, 0.15) is 5.75 Å². The lowest BCUT2D eigenvalue weighted by molar-refractivity contribution is -0.476. The molecular weight excluding hydrogens is 318 g/mol. The molecule has 1 aliphatic heterocycles. The van der Waals surface area contributed by atoms with Crippen LogP contribution < -0.4 is 4.74 Å². The van der Waals surface area contributed by atoms with E-state index in [0.29, 0.717) is 6.73 Å². The van der Waals surface area contributed by atoms with E-state index in [0.717, 1.165) is 17.0 Å². The summed E-state index contributed by atoms with van der Waals surface area (Å²) in [6.07, 6.45) is 2.19. The molecule has 0 amide bonds. The summed E-state index contributed by atoms with van der Waals surface area (Å²) >= 11 is 0. The first-order valence-electron chi connectivity index (χ1n) is 8.81. The Morgan fingerprint density at radius 3 is 2.23 bits per heavy atom. The first-order valence-corrected chi connectivity index (χ1v) is 8.81. The third-order valence-electron chi connectivity index (χ3n) is 4.82. The van der Waals surface area contributed by atoms with Crippen molar-refractivity contribution in [2.45, 2.75) is 0 Å². The number of hydrogen-bond acceptors (Lipinski definition) is 1. The van der Waals surface area contributed by atoms with E-state index in [-0.39, 0.29) is 0 Å². The van der Waals surface area contributed by atoms with E-state index in [1.807, 2.05) is 12.1 Å². The minimum absolute atomic E-state index is 0.509. The van der Waals surface area contributed by atoms with Crippen LogP contribution in [0.1, 0.15) is 5.56 Å². The topological polar surface area (TPSA) is 12.2 Å². The molecule has 1 heterocycles. The Morgan fingerprint density at radius 1 is 0.731 bits per heavy atom. The summed E-state index contributed by atoms with van der Waals surface area (Å²) in [5, 5.41) is 2.44. The molecule has 0 bridgehead atoms. The van der Waals surface area contributed by atoms with Crippen molar-refractivity contribution in [2.24, 2.45) is 0 Å². The normalized spacial score (nSPS) is 13.0. The van der Waals surface area contributed by atoms with Crippen molar-refractivity contribution in [2.75, 3.05) is 6.73 Å². The van der Waals surface area contributed by atoms with Crippen LogP contribution >= 0.6 is 0 Å². The predicted octanol–water partition coefficient (Wildman–Crippen LogP) is 5.62. The molecule has 124 valence electrons. The van der Waals surface area contributed by atoms with Crippen molar-refractivity contribution < 1.29 is 9.31 Å². The standard InChI is InChI=1S/C24H18NO/c1-3-9-18(10-4-1)23-22-14-8-7-11-19(22)15-20-16-25(17-26-24(20)23)21-12-5-2-6-13-21/h1-16H,17H2/q+1. The summed E-state index contributed by atoms with van der Waals surface area (Å²) in [4.78, 5) is 0. The first-order chi connectivity index (χ1) is 12.9. The molecule has 0 aliphatic carbocycles. The Hall–Kier alpha value is -3.39. The molecule has 0 N–H and O–H groups in total. The molecule has 0 spiro atoms. The monoisotopic (exact) mass is 336 g/mol. The van der Waals surface area contributed by atoms with E-state index in [1.54, 1.807) is 0 Å². The molecule has 2 nitrogen and oxygen atoms in total. The lowest BCUT2D eigenvalue weighted by atomic mass is 9.94. The van der Waals surface area contributed by atoms with E-state index < -0.39 is 0 Å². The Labute approximate surface area is 152 Å². The van der Waals surface area contributed by atoms with Gasteiger partial charge in [0.05, 0.1) is 5.56 Å². The van der Waals surface area contributed by atoms with Crippen molar-refractivity contribution in [3.8, 4) is 16.9 Å². The van der Waals surface area contributed by atoms with Crippen LogP contribution in [0.2, 0.25) is 0 Å². The van der Waals surface area contributed by atoms with Crippen LogP contribution in [-0.2, 0) is 0 Å². The second-order valence-corrected chi connectivity index (χ2v) is 6.46. The fraction of sp³-hybridized carbons (Fsp3) is 0.0417. The van der Waals surface area contributed by atoms with Gasteiger partial charge in [-0.05, 0) is 22.4 Å². The van der Waals surface area contributed by atoms with E-state index in [4.69, 9.17) is 4.74 Å². The van der Waals surface area contributed by atoms with Gasteiger partial charge in [0.25, 0.3) is 6.73 Å². The van der Waals surface area contributed by atoms with Gasteiger partial charge in [0, 0.05) is 17.7 Å². The van der Waals surface area contributed by atoms with Gasteiger partial charge < -0.3 is 4.74 Å². The summed E-state index contributed by atoms with van der Waals surface area (Å²) < 4.78 is 8.42. The van der Waals surface area contributed by atoms with Crippen LogP contribution in [0.4, 0.5) is 5.69 Å². The number of rotatable bonds is 2. The third kappa shape index (κ3) is 2.47. The average Bonchev–Trinajstić information content (AvgIpc) is 2.73. The second kappa shape index (κ2) is 6.16. The van der Waals surface area contributed by atoms with Gasteiger partial charge in [-0.25, -0.2) is 0 Å². The number of ether oxygens (including phenoxy) is 1. The van der Waals surface area contributed by atoms with Gasteiger partial charge in [-0.15, -0.1) is 0 Å². The maximum Gasteiger partial charge on any atom is 0.292 e. The fourth-order valence-electron chi connectivity index (χ4n) is 3.60. The van der Waals surface area contributed by atoms with Crippen molar-refractivity contribution in [1.82, 2.24) is 0 Å². The number of nitrogens with zero attached hydrogens (tertiary/aromatic N) is 1. The van der Waals surface area contributed by atoms with E-state index in [9.17, 15) is 0 Å². The van der Waals surface area contributed by atoms with Crippen molar-refractivity contribution >= 4 is 22.7 Å². The summed E-state index contributed by atoms with van der Waals surface area (Å²) in [5.74, 6) is 0.960. The zero-order valence-electron chi connectivity index (χ0n) is 14.3. The van der Waals surface area contributed by atoms with Gasteiger partial charge in [0.2, 0.25) is 5.69 Å². The Balaban J connectivity index is 1.78. The summed E-state index contributed by atoms with van der Waals surface area (Å²) in [7, 11) is 0. The predicted molar refractivity (Wildman–Crippen MR) is 106 cm³/mol. The van der Waals surface area contributed by atoms with Gasteiger partial charge >= 0.3 is 0 Å². The van der Waals surface area contributed by atoms with E-state index >= 15 is 0 Å². The quantitative estimate of drug-likeness (QED) is 0.433. The van der Waals surface area contributed by atoms with Crippen LogP contribution in [0, 0.1) is 0 Å². The number of hydrogen-bond donors (Lipinski definition) is 0. The highest BCUT2D eigenvalue weighted by molar-refractivity contribution is 6.05. The highest BCUT2D eigenvalue weighted by Crippen LogP contribution is 2.40. The number of fused-ring (bicyclic) bond motifs is 2. The maximum absolute atomic E-state index is 6.28. The largest absolute Gasteiger partial charge is 0.434 e. The molecule has 1 aliphatic rings. The van der Waals surface area contributed by atoms with Gasteiger partial charge in [-0.3, -0.25) is 0 Å². The minimum Gasteiger partial charge on any atom is -0.434 e. The average molecular weight is 336 g/mol. The molecule has 0 unspecified atom stereocenters. The molecule has 0 atom stereocenters. The maximum atomic E-state index is 6.28. The SMILES string of the molecule is C1=[N+](c2ccccc2)COc2c1cc1ccccc1c2-c1ccccc1. The molecule has 0 fully saturated rings. The smallest absolute Gasteiger partial charge is 0.292 e. The number of para-hydroxylation sites is 1. The van der Waals surface area contributed by atoms with Gasteiger partial charge in [-0.1, -0.05) is 72.8 Å². The Morgan fingerprint density at radius 2 is 1.42 bits per heavy atom. The summed E-state index contributed by atoms with van der Waals surface area (Å²) in [5.41, 5.74) is 4.59. The lowest BCUT2D eigenvalue weighted by Crippen LogP contribution is -2.21. The van der Waals surface area contributed by atoms with Crippen LogP contribution in [0.5, 0.6) is 5.75 Å². The summed E-state index contributed by atoms with van der Waals surface area (Å²) in [6.45, 7) is 0.509. The molecule has 0 saturated heterocycles. The molecule has 4 aromatic rings. The fourth-order valence-corrected chi connectivity index (χ4v) is 3.60. The van der Waals surface area contributed by atoms with Crippen LogP contribution in [0.3, 0.4) is 0 Å². The third-order valence-corrected chi connectivity index (χ3v) is 4.82. The van der Waals surface area contributed by atoms with E-state index in [2.05, 4.69) is 89.7 Å². The Kier molecular flexibility index (Phi) is 3.53. The van der Waals surface area contributed by atoms with Gasteiger partial charge in [0.15, 0.2) is 6.21 Å². The molecule has 2 heteroatoms. The molecule has 5 rings (SSSR count). The number of benzene rings is 4. The molecule has 26 heavy (non-hydrogen) atoms. The Bertz CT molecular complexity index is 1110. The zero-order chi connectivity index (χ0) is 17.3. The zero-order valence-corrected chi connectivity index (χ0v) is 14.3. The minimum atomic E-state index is 0.509. The summed E-state index contributed by atoms with van der Waals surface area (Å²) in [6, 6.07) is 31.6. The van der Waals surface area contributed by atoms with Gasteiger partial charge in [-0.2, -0.15) is 4.58 Å². The van der Waals surface area contributed by atoms with Crippen molar-refractivity contribution in [1.29, 1.82) is 0 Å². The highest BCUT2D eigenvalue weighted by Gasteiger charge is 2.24. The molecule has 0 aromatic heterocycles. The molecule has 4 aromatic carbocycles. The van der Waals surface area contributed by atoms with E-state index in [1.165, 1.54) is 21.9 Å². The lowest BCUT2D eigenvalue weighted by Gasteiger charge is -2.19. The van der Waals surface area contributed by atoms with Crippen molar-refractivity contribution in [3.05, 3.63) is 96.6 Å². The molecular formula is C24H18NO+. The van der Waals surface area contributed by atoms with Crippen LogP contribution in [0.25, 0.3) is 21.9 Å². The van der Waals surface area contributed by atoms with Crippen molar-refractivity contribution in [3.63, 3.8) is 0 Å². The second-order valence-electron chi connectivity index (χ2n) is 6.46. The highest BCUT2D eigenvalue weighted by atomic mass is 16.5. The van der Waals surface area contributed by atoms with Crippen LogP contribution in [0.15, 0.2) is 91.0 Å². The molecule has 0 saturated carbocycles. The van der Waals surface area contributed by atoms with Crippen LogP contribution in [-0.4, -0.2) is 17.5 Å².